The molecule has 0 N–H and O–H groups in total. The van der Waals surface area contributed by atoms with Crippen molar-refractivity contribution in [2.24, 2.45) is 0 Å². The average molecular weight is 272 g/mol. The maximum Gasteiger partial charge on any atom is 0.0991 e. The predicted molar refractivity (Wildman–Crippen MR) is 81.6 cm³/mol. The largest absolute Gasteiger partial charge is 0.192 e. The Bertz CT molecular complexity index is 647. The average Bonchev–Trinajstić information content (AvgIpc) is 3.06. The highest BCUT2D eigenvalue weighted by Crippen LogP contribution is 2.46. The van der Waals surface area contributed by atoms with Crippen LogP contribution < -0.4 is 0 Å². The molecule has 0 amide bonds. The van der Waals surface area contributed by atoms with E-state index in [-0.39, 0.29) is 5.41 Å². The van der Waals surface area contributed by atoms with Gasteiger partial charge in [0.15, 0.2) is 0 Å². The van der Waals surface area contributed by atoms with E-state index in [4.69, 9.17) is 10.5 Å². The van der Waals surface area contributed by atoms with Crippen molar-refractivity contribution >= 4 is 0 Å². The van der Waals surface area contributed by atoms with Crippen LogP contribution in [0, 0.1) is 22.7 Å². The minimum Gasteiger partial charge on any atom is -0.192 e. The molecule has 2 nitrogen and oxygen atoms in total. The van der Waals surface area contributed by atoms with E-state index in [1.807, 2.05) is 24.3 Å². The molecular weight excluding hydrogens is 256 g/mol. The molecule has 21 heavy (non-hydrogen) atoms. The molecule has 2 aromatic rings. The Morgan fingerprint density at radius 2 is 1.05 bits per heavy atom. The number of hydrogen-bond acceptors (Lipinski definition) is 2. The quantitative estimate of drug-likeness (QED) is 0.818. The van der Waals surface area contributed by atoms with Crippen molar-refractivity contribution < 1.29 is 0 Å². The lowest BCUT2D eigenvalue weighted by molar-refractivity contribution is 0.535. The molecule has 0 radical (unpaired) electrons. The third-order valence-corrected chi connectivity index (χ3v) is 4.59. The second-order valence-electron chi connectivity index (χ2n) is 5.67. The maximum atomic E-state index is 8.95. The molecule has 102 valence electrons. The minimum absolute atomic E-state index is 0.0436. The van der Waals surface area contributed by atoms with E-state index >= 15 is 0 Å². The Kier molecular flexibility index (Phi) is 3.46. The van der Waals surface area contributed by atoms with Crippen molar-refractivity contribution in [2.45, 2.75) is 31.1 Å². The first-order chi connectivity index (χ1) is 10.3. The molecule has 1 aliphatic carbocycles. The summed E-state index contributed by atoms with van der Waals surface area (Å²) < 4.78 is 0. The van der Waals surface area contributed by atoms with Gasteiger partial charge < -0.3 is 0 Å². The Hall–Kier alpha value is -2.58. The molecule has 0 aliphatic heterocycles. The van der Waals surface area contributed by atoms with E-state index in [1.165, 1.54) is 24.0 Å². The van der Waals surface area contributed by atoms with E-state index in [0.717, 1.165) is 12.8 Å². The van der Waals surface area contributed by atoms with Gasteiger partial charge in [-0.1, -0.05) is 37.1 Å². The van der Waals surface area contributed by atoms with Crippen LogP contribution in [0.1, 0.15) is 47.9 Å². The van der Waals surface area contributed by atoms with Gasteiger partial charge in [-0.3, -0.25) is 0 Å². The fourth-order valence-electron chi connectivity index (χ4n) is 3.45. The van der Waals surface area contributed by atoms with Gasteiger partial charge in [-0.05, 0) is 48.2 Å². The number of nitrogens with zero attached hydrogens (tertiary/aromatic N) is 2. The van der Waals surface area contributed by atoms with Gasteiger partial charge in [0.05, 0.1) is 23.3 Å². The van der Waals surface area contributed by atoms with Crippen molar-refractivity contribution in [1.82, 2.24) is 0 Å². The zero-order chi connectivity index (χ0) is 14.7. The Balaban J connectivity index is 2.06. The standard InChI is InChI=1S/C19H16N2/c20-13-15-3-7-17(8-4-15)19(11-1-2-12-19)18-9-5-16(14-21)6-10-18/h3-10H,1-2,11-12H2. The molecule has 1 aliphatic rings. The van der Waals surface area contributed by atoms with Crippen molar-refractivity contribution in [1.29, 1.82) is 10.5 Å². The molecule has 0 unspecified atom stereocenters. The van der Waals surface area contributed by atoms with E-state index < -0.39 is 0 Å². The molecule has 3 rings (SSSR count). The Labute approximate surface area is 125 Å². The maximum absolute atomic E-state index is 8.95. The molecular formula is C19H16N2. The first-order valence-electron chi connectivity index (χ1n) is 7.30. The second kappa shape index (κ2) is 5.43. The summed E-state index contributed by atoms with van der Waals surface area (Å²) in [4.78, 5) is 0. The summed E-state index contributed by atoms with van der Waals surface area (Å²) in [5, 5.41) is 17.9. The first kappa shape index (κ1) is 13.4. The highest BCUT2D eigenvalue weighted by atomic mass is 14.4. The van der Waals surface area contributed by atoms with Gasteiger partial charge in [-0.2, -0.15) is 10.5 Å². The number of benzene rings is 2. The topological polar surface area (TPSA) is 47.6 Å². The third kappa shape index (κ3) is 2.30. The van der Waals surface area contributed by atoms with Gasteiger partial charge in [0, 0.05) is 5.41 Å². The van der Waals surface area contributed by atoms with Gasteiger partial charge >= 0.3 is 0 Å². The van der Waals surface area contributed by atoms with Crippen LogP contribution in [-0.2, 0) is 5.41 Å². The molecule has 2 aromatic carbocycles. The SMILES string of the molecule is N#Cc1ccc(C2(c3ccc(C#N)cc3)CCCC2)cc1. The summed E-state index contributed by atoms with van der Waals surface area (Å²) >= 11 is 0. The van der Waals surface area contributed by atoms with Crippen LogP contribution in [0.25, 0.3) is 0 Å². The Morgan fingerprint density at radius 3 is 1.38 bits per heavy atom. The van der Waals surface area contributed by atoms with Crippen molar-refractivity contribution in [3.8, 4) is 12.1 Å². The van der Waals surface area contributed by atoms with Crippen molar-refractivity contribution in [2.75, 3.05) is 0 Å². The molecule has 0 atom stereocenters. The van der Waals surface area contributed by atoms with E-state index in [9.17, 15) is 0 Å². The molecule has 0 spiro atoms. The van der Waals surface area contributed by atoms with Gasteiger partial charge in [-0.15, -0.1) is 0 Å². The molecule has 1 saturated carbocycles. The lowest BCUT2D eigenvalue weighted by atomic mass is 9.73. The summed E-state index contributed by atoms with van der Waals surface area (Å²) in [5.74, 6) is 0. The summed E-state index contributed by atoms with van der Waals surface area (Å²) in [6, 6.07) is 20.3. The fourth-order valence-corrected chi connectivity index (χ4v) is 3.45. The minimum atomic E-state index is 0.0436. The van der Waals surface area contributed by atoms with Gasteiger partial charge in [0.1, 0.15) is 0 Å². The summed E-state index contributed by atoms with van der Waals surface area (Å²) in [5.41, 5.74) is 4.01. The van der Waals surface area contributed by atoms with Crippen molar-refractivity contribution in [3.63, 3.8) is 0 Å². The van der Waals surface area contributed by atoms with Gasteiger partial charge in [-0.25, -0.2) is 0 Å². The number of nitriles is 2. The lowest BCUT2D eigenvalue weighted by Crippen LogP contribution is -2.23. The molecule has 0 saturated heterocycles. The van der Waals surface area contributed by atoms with Crippen LogP contribution in [0.15, 0.2) is 48.5 Å². The highest BCUT2D eigenvalue weighted by molar-refractivity contribution is 5.45. The van der Waals surface area contributed by atoms with Crippen LogP contribution in [0.2, 0.25) is 0 Å². The molecule has 2 heteroatoms. The van der Waals surface area contributed by atoms with Gasteiger partial charge in [0.2, 0.25) is 0 Å². The zero-order valence-electron chi connectivity index (χ0n) is 11.8. The smallest absolute Gasteiger partial charge is 0.0991 e. The first-order valence-corrected chi connectivity index (χ1v) is 7.30. The van der Waals surface area contributed by atoms with E-state index in [1.54, 1.807) is 0 Å². The van der Waals surface area contributed by atoms with Crippen molar-refractivity contribution in [3.05, 3.63) is 70.8 Å². The van der Waals surface area contributed by atoms with E-state index in [0.29, 0.717) is 11.1 Å². The molecule has 0 heterocycles. The van der Waals surface area contributed by atoms with Crippen LogP contribution in [0.3, 0.4) is 0 Å². The molecule has 0 aromatic heterocycles. The second-order valence-corrected chi connectivity index (χ2v) is 5.67. The third-order valence-electron chi connectivity index (χ3n) is 4.59. The summed E-state index contributed by atoms with van der Waals surface area (Å²) in [6.45, 7) is 0. The summed E-state index contributed by atoms with van der Waals surface area (Å²) in [7, 11) is 0. The fraction of sp³-hybridized carbons (Fsp3) is 0.263. The number of rotatable bonds is 2. The molecule has 1 fully saturated rings. The van der Waals surface area contributed by atoms with Crippen LogP contribution in [0.4, 0.5) is 0 Å². The zero-order valence-corrected chi connectivity index (χ0v) is 11.8. The highest BCUT2D eigenvalue weighted by Gasteiger charge is 2.37. The number of hydrogen-bond donors (Lipinski definition) is 0. The van der Waals surface area contributed by atoms with Crippen LogP contribution in [0.5, 0.6) is 0 Å². The summed E-state index contributed by atoms with van der Waals surface area (Å²) in [6.07, 6.45) is 4.70. The Morgan fingerprint density at radius 1 is 0.667 bits per heavy atom. The predicted octanol–water partition coefficient (Wildman–Crippen LogP) is 4.29. The monoisotopic (exact) mass is 272 g/mol. The van der Waals surface area contributed by atoms with Crippen LogP contribution >= 0.6 is 0 Å². The van der Waals surface area contributed by atoms with E-state index in [2.05, 4.69) is 36.4 Å². The molecule has 0 bridgehead atoms. The lowest BCUT2D eigenvalue weighted by Gasteiger charge is -2.30. The van der Waals surface area contributed by atoms with Gasteiger partial charge in [0.25, 0.3) is 0 Å². The van der Waals surface area contributed by atoms with Crippen LogP contribution in [-0.4, -0.2) is 0 Å². The normalized spacial score (nSPS) is 16.1.